The average molecular weight is 661 g/mol. The molecule has 0 saturated heterocycles. The Morgan fingerprint density at radius 2 is 1.70 bits per heavy atom. The van der Waals surface area contributed by atoms with Gasteiger partial charge >= 0.3 is 0 Å². The van der Waals surface area contributed by atoms with Crippen LogP contribution in [0.2, 0.25) is 10.0 Å². The molecule has 0 aliphatic carbocycles. The number of benzene rings is 3. The Kier molecular flexibility index (Phi) is 11.4. The van der Waals surface area contributed by atoms with Crippen LogP contribution in [0.4, 0.5) is 8.78 Å². The molecule has 4 aromatic rings. The molecule has 1 amide bonds. The third-order valence-corrected chi connectivity index (χ3v) is 9.31. The molecule has 0 unspecified atom stereocenters. The van der Waals surface area contributed by atoms with Gasteiger partial charge in [-0.2, -0.15) is 0 Å². The van der Waals surface area contributed by atoms with Gasteiger partial charge in [-0.25, -0.2) is 13.8 Å². The molecule has 0 atom stereocenters. The normalized spacial score (nSPS) is 11.7. The SMILES string of the molecule is CCCC(CCC)NC(=O)c1cc(F)c(CSc2ncc(C(C)(C)c3ccc(Cl)c(OC)c3)n2-c2ccc(F)cc2)c(Cl)c1. The maximum Gasteiger partial charge on any atom is 0.251 e. The van der Waals surface area contributed by atoms with Crippen LogP contribution in [0.5, 0.6) is 5.75 Å². The number of carbonyl (C=O) groups is 1. The third-order valence-electron chi connectivity index (χ3n) is 7.69. The van der Waals surface area contributed by atoms with Crippen molar-refractivity contribution in [3.05, 3.63) is 105 Å². The molecule has 0 spiro atoms. The summed E-state index contributed by atoms with van der Waals surface area (Å²) in [7, 11) is 1.56. The van der Waals surface area contributed by atoms with Crippen LogP contribution in [-0.2, 0) is 11.2 Å². The van der Waals surface area contributed by atoms with Gasteiger partial charge in [-0.1, -0.05) is 81.6 Å². The Hall–Kier alpha value is -3.07. The molecule has 234 valence electrons. The highest BCUT2D eigenvalue weighted by Crippen LogP contribution is 2.39. The number of amides is 1. The molecule has 1 aromatic heterocycles. The van der Waals surface area contributed by atoms with Gasteiger partial charge < -0.3 is 10.1 Å². The first-order valence-corrected chi connectivity index (χ1v) is 16.3. The number of nitrogens with zero attached hydrogens (tertiary/aromatic N) is 2. The minimum Gasteiger partial charge on any atom is -0.495 e. The average Bonchev–Trinajstić information content (AvgIpc) is 3.42. The summed E-state index contributed by atoms with van der Waals surface area (Å²) in [5.41, 5.74) is 2.33. The Labute approximate surface area is 272 Å². The first-order chi connectivity index (χ1) is 21.0. The number of hydrogen-bond acceptors (Lipinski definition) is 4. The van der Waals surface area contributed by atoms with Crippen LogP contribution >= 0.6 is 35.0 Å². The summed E-state index contributed by atoms with van der Waals surface area (Å²) in [5, 5.41) is 4.25. The first kappa shape index (κ1) is 33.8. The van der Waals surface area contributed by atoms with Gasteiger partial charge in [0.15, 0.2) is 5.16 Å². The summed E-state index contributed by atoms with van der Waals surface area (Å²) in [6.07, 6.45) is 5.36. The molecule has 10 heteroatoms. The number of thioether (sulfide) groups is 1. The molecule has 3 aromatic carbocycles. The van der Waals surface area contributed by atoms with Crippen LogP contribution in [0.15, 0.2) is 66.0 Å². The van der Waals surface area contributed by atoms with Gasteiger partial charge in [-0.15, -0.1) is 0 Å². The molecule has 44 heavy (non-hydrogen) atoms. The molecule has 0 bridgehead atoms. The number of hydrogen-bond donors (Lipinski definition) is 1. The van der Waals surface area contributed by atoms with E-state index in [0.29, 0.717) is 21.6 Å². The lowest BCUT2D eigenvalue weighted by Crippen LogP contribution is -2.34. The van der Waals surface area contributed by atoms with E-state index < -0.39 is 11.2 Å². The van der Waals surface area contributed by atoms with Gasteiger partial charge in [0.05, 0.1) is 24.0 Å². The van der Waals surface area contributed by atoms with Gasteiger partial charge in [0, 0.05) is 39.0 Å². The van der Waals surface area contributed by atoms with Gasteiger partial charge in [0.25, 0.3) is 5.91 Å². The molecular weight excluding hydrogens is 623 g/mol. The third kappa shape index (κ3) is 7.59. The van der Waals surface area contributed by atoms with Gasteiger partial charge in [-0.05, 0) is 66.9 Å². The van der Waals surface area contributed by atoms with Crippen molar-refractivity contribution >= 4 is 40.9 Å². The van der Waals surface area contributed by atoms with Crippen LogP contribution in [0.1, 0.15) is 80.6 Å². The molecule has 0 saturated carbocycles. The van der Waals surface area contributed by atoms with Crippen LogP contribution in [0.25, 0.3) is 5.69 Å². The molecule has 0 fully saturated rings. The van der Waals surface area contributed by atoms with Gasteiger partial charge in [-0.3, -0.25) is 9.36 Å². The fourth-order valence-electron chi connectivity index (χ4n) is 5.18. The Balaban J connectivity index is 1.66. The maximum atomic E-state index is 15.4. The van der Waals surface area contributed by atoms with Crippen molar-refractivity contribution in [2.45, 2.75) is 75.7 Å². The highest BCUT2D eigenvalue weighted by Gasteiger charge is 2.30. The summed E-state index contributed by atoms with van der Waals surface area (Å²) in [4.78, 5) is 17.6. The van der Waals surface area contributed by atoms with E-state index in [1.165, 1.54) is 36.0 Å². The molecular formula is C34H37Cl2F2N3O2S. The zero-order valence-corrected chi connectivity index (χ0v) is 27.8. The van der Waals surface area contributed by atoms with Crippen LogP contribution < -0.4 is 10.1 Å². The molecule has 1 heterocycles. The Morgan fingerprint density at radius 3 is 2.32 bits per heavy atom. The minimum atomic E-state index is -0.580. The quantitative estimate of drug-likeness (QED) is 0.145. The summed E-state index contributed by atoms with van der Waals surface area (Å²) in [5.74, 6) is -0.553. The van der Waals surface area contributed by atoms with E-state index in [0.717, 1.165) is 36.9 Å². The summed E-state index contributed by atoms with van der Waals surface area (Å²) >= 11 is 14.1. The fourth-order valence-corrected chi connectivity index (χ4v) is 6.75. The largest absolute Gasteiger partial charge is 0.495 e. The fraction of sp³-hybridized carbons (Fsp3) is 0.353. The monoisotopic (exact) mass is 659 g/mol. The number of ether oxygens (including phenoxy) is 1. The van der Waals surface area contributed by atoms with E-state index >= 15 is 4.39 Å². The van der Waals surface area contributed by atoms with E-state index in [2.05, 4.69) is 19.2 Å². The van der Waals surface area contributed by atoms with Crippen LogP contribution in [-0.4, -0.2) is 28.6 Å². The second kappa shape index (κ2) is 14.8. The molecule has 0 radical (unpaired) electrons. The molecule has 0 aliphatic rings. The number of rotatable bonds is 13. The van der Waals surface area contributed by atoms with E-state index in [1.807, 2.05) is 30.5 Å². The molecule has 5 nitrogen and oxygen atoms in total. The van der Waals surface area contributed by atoms with E-state index in [-0.39, 0.29) is 39.7 Å². The standard InChI is InChI=1S/C34H37Cl2F2N3O2S/c1-6-8-24(9-7-2)40-32(42)21-16-28(36)26(29(38)17-21)20-44-33-39-19-31(41(33)25-13-11-23(37)12-14-25)34(3,4)22-10-15-27(35)30(18-22)43-5/h10-19,24H,6-9,20H2,1-5H3,(H,40,42). The zero-order chi connectivity index (χ0) is 32.0. The van der Waals surface area contributed by atoms with Crippen LogP contribution in [0.3, 0.4) is 0 Å². The second-order valence-electron chi connectivity index (χ2n) is 11.2. The molecule has 1 N–H and O–H groups in total. The number of aromatic nitrogens is 2. The number of nitrogens with one attached hydrogen (secondary N) is 1. The summed E-state index contributed by atoms with van der Waals surface area (Å²) in [6, 6.07) is 14.5. The highest BCUT2D eigenvalue weighted by atomic mass is 35.5. The number of carbonyl (C=O) groups excluding carboxylic acids is 1. The summed E-state index contributed by atoms with van der Waals surface area (Å²) in [6.45, 7) is 8.23. The lowest BCUT2D eigenvalue weighted by Gasteiger charge is -2.28. The van der Waals surface area contributed by atoms with Gasteiger partial charge in [0.1, 0.15) is 17.4 Å². The second-order valence-corrected chi connectivity index (χ2v) is 12.9. The topological polar surface area (TPSA) is 56.1 Å². The zero-order valence-electron chi connectivity index (χ0n) is 25.5. The minimum absolute atomic E-state index is 0.0345. The number of methoxy groups -OCH3 is 1. The van der Waals surface area contributed by atoms with Crippen molar-refractivity contribution in [3.63, 3.8) is 0 Å². The first-order valence-electron chi connectivity index (χ1n) is 14.6. The van der Waals surface area contributed by atoms with Crippen molar-refractivity contribution in [2.24, 2.45) is 0 Å². The molecule has 0 aliphatic heterocycles. The maximum absolute atomic E-state index is 15.4. The van der Waals surface area contributed by atoms with E-state index in [9.17, 15) is 9.18 Å². The van der Waals surface area contributed by atoms with Crippen molar-refractivity contribution < 1.29 is 18.3 Å². The predicted molar refractivity (Wildman–Crippen MR) is 176 cm³/mol. The van der Waals surface area contributed by atoms with Crippen molar-refractivity contribution in [1.29, 1.82) is 0 Å². The van der Waals surface area contributed by atoms with Crippen LogP contribution in [0, 0.1) is 11.6 Å². The molecule has 4 rings (SSSR count). The summed E-state index contributed by atoms with van der Waals surface area (Å²) < 4.78 is 36.7. The lowest BCUT2D eigenvalue weighted by atomic mass is 9.81. The van der Waals surface area contributed by atoms with Gasteiger partial charge in [0.2, 0.25) is 0 Å². The predicted octanol–water partition coefficient (Wildman–Crippen LogP) is 9.78. The van der Waals surface area contributed by atoms with Crippen molar-refractivity contribution in [1.82, 2.24) is 14.9 Å². The Morgan fingerprint density at radius 1 is 1.02 bits per heavy atom. The lowest BCUT2D eigenvalue weighted by molar-refractivity contribution is 0.0932. The van der Waals surface area contributed by atoms with E-state index in [1.54, 1.807) is 31.5 Å². The Bertz CT molecular complexity index is 1580. The van der Waals surface area contributed by atoms with Crippen molar-refractivity contribution in [3.8, 4) is 11.4 Å². The van der Waals surface area contributed by atoms with E-state index in [4.69, 9.17) is 32.9 Å². The van der Waals surface area contributed by atoms with Crippen molar-refractivity contribution in [2.75, 3.05) is 7.11 Å². The highest BCUT2D eigenvalue weighted by molar-refractivity contribution is 7.98. The number of halogens is 4. The number of imidazole rings is 1. The smallest absolute Gasteiger partial charge is 0.251 e.